The number of hydrogen-bond acceptors (Lipinski definition) is 7. The Hall–Kier alpha value is -4.65. The van der Waals surface area contributed by atoms with Gasteiger partial charge >= 0.3 is 5.97 Å². The summed E-state index contributed by atoms with van der Waals surface area (Å²) >= 11 is 0. The molecular formula is C29H41N7O6. The number of carbonyl (C=O) groups is 4. The molecule has 0 radical (unpaired) electrons. The van der Waals surface area contributed by atoms with Gasteiger partial charge in [0.25, 0.3) is 0 Å². The molecule has 0 bridgehead atoms. The molecule has 11 N–H and O–H groups in total. The fourth-order valence-electron chi connectivity index (χ4n) is 4.11. The number of benzene rings is 2. The van der Waals surface area contributed by atoms with Crippen molar-refractivity contribution in [1.82, 2.24) is 16.0 Å². The molecule has 0 saturated carbocycles. The molecule has 0 aliphatic carbocycles. The van der Waals surface area contributed by atoms with E-state index >= 15 is 0 Å². The van der Waals surface area contributed by atoms with Gasteiger partial charge in [0.15, 0.2) is 5.96 Å². The van der Waals surface area contributed by atoms with Crippen LogP contribution in [0.1, 0.15) is 37.8 Å². The predicted molar refractivity (Wildman–Crippen MR) is 158 cm³/mol. The molecule has 228 valence electrons. The molecule has 3 amide bonds. The van der Waals surface area contributed by atoms with Gasteiger partial charge in [0.2, 0.25) is 17.7 Å². The van der Waals surface area contributed by atoms with E-state index in [0.29, 0.717) is 24.1 Å². The SMILES string of the molecule is CC(C)[C@H](NC(=O)[C@@H](N)CCCN=C(N)N)C(=O)N[C@@H](Cc1ccc(O)cc1)C(=O)N[C@@H](Cc1ccccc1)C(=O)O. The minimum Gasteiger partial charge on any atom is -0.508 e. The van der Waals surface area contributed by atoms with Crippen molar-refractivity contribution in [3.05, 3.63) is 65.7 Å². The van der Waals surface area contributed by atoms with Gasteiger partial charge in [0.1, 0.15) is 23.9 Å². The van der Waals surface area contributed by atoms with Gasteiger partial charge in [0.05, 0.1) is 6.04 Å². The van der Waals surface area contributed by atoms with Crippen LogP contribution in [0, 0.1) is 5.92 Å². The number of rotatable bonds is 16. The smallest absolute Gasteiger partial charge is 0.326 e. The molecule has 2 aromatic carbocycles. The Kier molecular flexibility index (Phi) is 13.2. The maximum atomic E-state index is 13.4. The molecule has 2 rings (SSSR count). The molecule has 13 heteroatoms. The van der Waals surface area contributed by atoms with E-state index in [1.54, 1.807) is 56.3 Å². The number of carboxylic acid groups (broad SMARTS) is 1. The molecule has 0 heterocycles. The lowest BCUT2D eigenvalue weighted by molar-refractivity contribution is -0.142. The van der Waals surface area contributed by atoms with E-state index in [0.717, 1.165) is 0 Å². The molecule has 0 fully saturated rings. The minimum absolute atomic E-state index is 0.00139. The van der Waals surface area contributed by atoms with Gasteiger partial charge in [0, 0.05) is 19.4 Å². The lowest BCUT2D eigenvalue weighted by Gasteiger charge is -2.27. The van der Waals surface area contributed by atoms with Crippen molar-refractivity contribution < 1.29 is 29.4 Å². The number of phenols is 1. The molecule has 4 atom stereocenters. The fourth-order valence-corrected chi connectivity index (χ4v) is 4.11. The summed E-state index contributed by atoms with van der Waals surface area (Å²) in [5.41, 5.74) is 17.9. The van der Waals surface area contributed by atoms with Crippen molar-refractivity contribution in [2.75, 3.05) is 6.54 Å². The zero-order valence-electron chi connectivity index (χ0n) is 23.8. The monoisotopic (exact) mass is 583 g/mol. The third-order valence-electron chi connectivity index (χ3n) is 6.46. The van der Waals surface area contributed by atoms with Crippen molar-refractivity contribution in [2.24, 2.45) is 28.1 Å². The van der Waals surface area contributed by atoms with Crippen LogP contribution in [0.15, 0.2) is 59.6 Å². The zero-order valence-corrected chi connectivity index (χ0v) is 23.8. The Labute approximate surface area is 244 Å². The molecule has 0 aromatic heterocycles. The molecule has 0 unspecified atom stereocenters. The van der Waals surface area contributed by atoms with Gasteiger partial charge in [-0.25, -0.2) is 4.79 Å². The maximum absolute atomic E-state index is 13.4. The molecule has 13 nitrogen and oxygen atoms in total. The van der Waals surface area contributed by atoms with E-state index in [-0.39, 0.29) is 36.9 Å². The predicted octanol–water partition coefficient (Wildman–Crippen LogP) is -0.247. The summed E-state index contributed by atoms with van der Waals surface area (Å²) < 4.78 is 0. The molecule has 0 aliphatic rings. The van der Waals surface area contributed by atoms with Crippen LogP contribution >= 0.6 is 0 Å². The Bertz CT molecular complexity index is 1220. The van der Waals surface area contributed by atoms with Crippen molar-refractivity contribution >= 4 is 29.7 Å². The van der Waals surface area contributed by atoms with Crippen LogP contribution in [-0.2, 0) is 32.0 Å². The zero-order chi connectivity index (χ0) is 31.2. The van der Waals surface area contributed by atoms with E-state index in [2.05, 4.69) is 20.9 Å². The number of nitrogens with two attached hydrogens (primary N) is 3. The molecule has 0 spiro atoms. The second-order valence-electron chi connectivity index (χ2n) is 10.3. The summed E-state index contributed by atoms with van der Waals surface area (Å²) in [4.78, 5) is 55.4. The lowest BCUT2D eigenvalue weighted by Crippen LogP contribution is -2.59. The average molecular weight is 584 g/mol. The molecular weight excluding hydrogens is 542 g/mol. The third-order valence-corrected chi connectivity index (χ3v) is 6.46. The number of aliphatic carboxylic acids is 1. The Morgan fingerprint density at radius 3 is 1.95 bits per heavy atom. The summed E-state index contributed by atoms with van der Waals surface area (Å²) in [5.74, 6) is -3.56. The Morgan fingerprint density at radius 2 is 1.38 bits per heavy atom. The summed E-state index contributed by atoms with van der Waals surface area (Å²) in [7, 11) is 0. The Balaban J connectivity index is 2.19. The molecule has 0 saturated heterocycles. The summed E-state index contributed by atoms with van der Waals surface area (Å²) in [5, 5.41) is 27.3. The van der Waals surface area contributed by atoms with Gasteiger partial charge in [-0.1, -0.05) is 56.3 Å². The minimum atomic E-state index is -1.25. The molecule has 2 aromatic rings. The van der Waals surface area contributed by atoms with Crippen LogP contribution in [0.4, 0.5) is 0 Å². The van der Waals surface area contributed by atoms with Crippen molar-refractivity contribution in [3.8, 4) is 5.75 Å². The van der Waals surface area contributed by atoms with Crippen LogP contribution in [0.5, 0.6) is 5.75 Å². The van der Waals surface area contributed by atoms with Crippen molar-refractivity contribution in [2.45, 2.75) is 63.7 Å². The number of guanidine groups is 1. The number of nitrogens with zero attached hydrogens (tertiary/aromatic N) is 1. The fraction of sp³-hybridized carbons (Fsp3) is 0.414. The van der Waals surface area contributed by atoms with Crippen LogP contribution in [0.2, 0.25) is 0 Å². The lowest BCUT2D eigenvalue weighted by atomic mass is 9.99. The van der Waals surface area contributed by atoms with E-state index in [1.807, 2.05) is 0 Å². The second kappa shape index (κ2) is 16.6. The first-order valence-electron chi connectivity index (χ1n) is 13.6. The quantitative estimate of drug-likeness (QED) is 0.0738. The molecule has 42 heavy (non-hydrogen) atoms. The van der Waals surface area contributed by atoms with Gasteiger partial charge in [-0.3, -0.25) is 19.4 Å². The van der Waals surface area contributed by atoms with Crippen LogP contribution in [0.3, 0.4) is 0 Å². The summed E-state index contributed by atoms with van der Waals surface area (Å²) in [6, 6.07) is 10.5. The van der Waals surface area contributed by atoms with Gasteiger partial charge in [-0.05, 0) is 42.0 Å². The first-order valence-corrected chi connectivity index (χ1v) is 13.6. The van der Waals surface area contributed by atoms with E-state index in [1.165, 1.54) is 12.1 Å². The first kappa shape index (κ1) is 33.6. The topological polar surface area (TPSA) is 235 Å². The van der Waals surface area contributed by atoms with Gasteiger partial charge < -0.3 is 43.4 Å². The van der Waals surface area contributed by atoms with Crippen molar-refractivity contribution in [3.63, 3.8) is 0 Å². The second-order valence-corrected chi connectivity index (χ2v) is 10.3. The standard InChI is InChI=1S/C29H41N7O6/c1-17(2)24(36-25(38)21(30)9-6-14-33-29(31)32)27(40)34-22(15-19-10-12-20(37)13-11-19)26(39)35-23(28(41)42)16-18-7-4-3-5-8-18/h3-5,7-8,10-13,17,21-24,37H,6,9,14-16,30H2,1-2H3,(H,34,40)(H,35,39)(H,36,38)(H,41,42)(H4,31,32,33)/t21-,22-,23-,24-/m0/s1. The average Bonchev–Trinajstić information content (AvgIpc) is 2.94. The van der Waals surface area contributed by atoms with Crippen LogP contribution in [0.25, 0.3) is 0 Å². The number of carbonyl (C=O) groups excluding carboxylic acids is 3. The van der Waals surface area contributed by atoms with Gasteiger partial charge in [-0.2, -0.15) is 0 Å². The largest absolute Gasteiger partial charge is 0.508 e. The van der Waals surface area contributed by atoms with E-state index in [9.17, 15) is 29.4 Å². The normalized spacial score (nSPS) is 13.7. The number of hydrogen-bond donors (Lipinski definition) is 8. The first-order chi connectivity index (χ1) is 19.9. The highest BCUT2D eigenvalue weighted by atomic mass is 16.4. The van der Waals surface area contributed by atoms with Crippen molar-refractivity contribution in [1.29, 1.82) is 0 Å². The molecule has 0 aliphatic heterocycles. The number of nitrogens with one attached hydrogen (secondary N) is 3. The highest BCUT2D eigenvalue weighted by molar-refractivity contribution is 5.94. The third kappa shape index (κ3) is 11.5. The Morgan fingerprint density at radius 1 is 0.810 bits per heavy atom. The number of carboxylic acids is 1. The summed E-state index contributed by atoms with van der Waals surface area (Å²) in [6.07, 6.45) is 0.763. The van der Waals surface area contributed by atoms with Gasteiger partial charge in [-0.15, -0.1) is 0 Å². The highest BCUT2D eigenvalue weighted by Gasteiger charge is 2.32. The number of aromatic hydroxyl groups is 1. The van der Waals surface area contributed by atoms with Crippen LogP contribution in [-0.4, -0.2) is 70.6 Å². The van der Waals surface area contributed by atoms with E-state index < -0.39 is 47.9 Å². The number of amides is 3. The maximum Gasteiger partial charge on any atom is 0.326 e. The highest BCUT2D eigenvalue weighted by Crippen LogP contribution is 2.13. The number of phenolic OH excluding ortho intramolecular Hbond substituents is 1. The summed E-state index contributed by atoms with van der Waals surface area (Å²) in [6.45, 7) is 3.75. The van der Waals surface area contributed by atoms with Crippen LogP contribution < -0.4 is 33.2 Å². The number of aliphatic imine (C=N–C) groups is 1. The van der Waals surface area contributed by atoms with E-state index in [4.69, 9.17) is 17.2 Å².